The lowest BCUT2D eigenvalue weighted by Crippen LogP contribution is -2.31. The van der Waals surface area contributed by atoms with Crippen molar-refractivity contribution in [1.29, 1.82) is 0 Å². The maximum atomic E-state index is 11.0. The largest absolute Gasteiger partial charge is 0.368 e. The molecule has 3 nitrogen and oxygen atoms in total. The van der Waals surface area contributed by atoms with Gasteiger partial charge in [0, 0.05) is 4.47 Å². The van der Waals surface area contributed by atoms with Gasteiger partial charge in [0.2, 0.25) is 5.91 Å². The number of rotatable bonds is 3. The van der Waals surface area contributed by atoms with E-state index in [4.69, 9.17) is 5.73 Å². The Bertz CT molecular complexity index is 297. The summed E-state index contributed by atoms with van der Waals surface area (Å²) in [6.45, 7) is 0. The van der Waals surface area contributed by atoms with E-state index in [1.54, 1.807) is 7.05 Å². The van der Waals surface area contributed by atoms with E-state index in [9.17, 15) is 4.79 Å². The molecule has 1 atom stereocenters. The van der Waals surface area contributed by atoms with Gasteiger partial charge >= 0.3 is 0 Å². The lowest BCUT2D eigenvalue weighted by Gasteiger charge is -2.11. The highest BCUT2D eigenvalue weighted by atomic mass is 79.9. The molecule has 0 fully saturated rings. The van der Waals surface area contributed by atoms with Gasteiger partial charge in [-0.3, -0.25) is 4.79 Å². The molecule has 0 aliphatic rings. The van der Waals surface area contributed by atoms with Gasteiger partial charge < -0.3 is 11.1 Å². The number of hydrogen-bond acceptors (Lipinski definition) is 2. The molecule has 0 aromatic heterocycles. The summed E-state index contributed by atoms with van der Waals surface area (Å²) in [5, 5.41) is 2.85. The first kappa shape index (κ1) is 10.2. The summed E-state index contributed by atoms with van der Waals surface area (Å²) >= 11 is 3.32. The van der Waals surface area contributed by atoms with E-state index in [1.165, 1.54) is 0 Å². The molecule has 1 aromatic rings. The second-order valence-electron chi connectivity index (χ2n) is 2.68. The van der Waals surface area contributed by atoms with Gasteiger partial charge in [0.25, 0.3) is 0 Å². The molecule has 0 aliphatic carbocycles. The number of carbonyl (C=O) groups is 1. The fraction of sp³-hybridized carbons (Fsp3) is 0.222. The monoisotopic (exact) mass is 242 g/mol. The minimum Gasteiger partial charge on any atom is -0.368 e. The molecule has 0 heterocycles. The van der Waals surface area contributed by atoms with Crippen LogP contribution in [0.3, 0.4) is 0 Å². The number of hydrogen-bond donors (Lipinski definition) is 2. The Morgan fingerprint density at radius 2 is 2.00 bits per heavy atom. The van der Waals surface area contributed by atoms with Crippen LogP contribution in [-0.4, -0.2) is 13.0 Å². The van der Waals surface area contributed by atoms with Crippen molar-refractivity contribution in [2.45, 2.75) is 6.04 Å². The highest BCUT2D eigenvalue weighted by Gasteiger charge is 2.14. The molecule has 13 heavy (non-hydrogen) atoms. The maximum absolute atomic E-state index is 11.0. The molecule has 0 spiro atoms. The van der Waals surface area contributed by atoms with Crippen molar-refractivity contribution in [3.63, 3.8) is 0 Å². The smallest absolute Gasteiger partial charge is 0.239 e. The van der Waals surface area contributed by atoms with Crippen molar-refractivity contribution < 1.29 is 4.79 Å². The molecule has 0 aliphatic heterocycles. The highest BCUT2D eigenvalue weighted by Crippen LogP contribution is 2.16. The Labute approximate surface area is 85.4 Å². The second kappa shape index (κ2) is 4.39. The summed E-state index contributed by atoms with van der Waals surface area (Å²) in [6, 6.07) is 7.06. The number of primary amides is 1. The topological polar surface area (TPSA) is 55.1 Å². The summed E-state index contributed by atoms with van der Waals surface area (Å²) in [7, 11) is 1.71. The third kappa shape index (κ3) is 2.54. The fourth-order valence-electron chi connectivity index (χ4n) is 1.13. The average Bonchev–Trinajstić information content (AvgIpc) is 2.09. The molecular formula is C9H11BrN2O. The van der Waals surface area contributed by atoms with E-state index in [0.717, 1.165) is 10.0 Å². The van der Waals surface area contributed by atoms with Crippen LogP contribution in [-0.2, 0) is 4.79 Å². The SMILES string of the molecule is CNC(C(N)=O)c1ccc(Br)cc1. The lowest BCUT2D eigenvalue weighted by molar-refractivity contribution is -0.120. The number of likely N-dealkylation sites (N-methyl/N-ethyl adjacent to an activating group) is 1. The molecule has 0 radical (unpaired) electrons. The fourth-order valence-corrected chi connectivity index (χ4v) is 1.39. The van der Waals surface area contributed by atoms with Gasteiger partial charge in [-0.25, -0.2) is 0 Å². The summed E-state index contributed by atoms with van der Waals surface area (Å²) < 4.78 is 0.982. The quantitative estimate of drug-likeness (QED) is 0.837. The standard InChI is InChI=1S/C9H11BrN2O/c1-12-8(9(11)13)6-2-4-7(10)5-3-6/h2-5,8,12H,1H3,(H2,11,13). The van der Waals surface area contributed by atoms with Gasteiger partial charge in [-0.2, -0.15) is 0 Å². The van der Waals surface area contributed by atoms with Crippen molar-refractivity contribution in [2.24, 2.45) is 5.73 Å². The van der Waals surface area contributed by atoms with E-state index in [1.807, 2.05) is 24.3 Å². The summed E-state index contributed by atoms with van der Waals surface area (Å²) in [5.74, 6) is -0.371. The van der Waals surface area contributed by atoms with Crippen LogP contribution < -0.4 is 11.1 Å². The highest BCUT2D eigenvalue weighted by molar-refractivity contribution is 9.10. The number of halogens is 1. The maximum Gasteiger partial charge on any atom is 0.239 e. The van der Waals surface area contributed by atoms with Gasteiger partial charge in [0.1, 0.15) is 6.04 Å². The number of amides is 1. The first-order valence-electron chi connectivity index (χ1n) is 3.87. The van der Waals surface area contributed by atoms with Gasteiger partial charge in [0.15, 0.2) is 0 Å². The molecule has 1 amide bonds. The zero-order valence-electron chi connectivity index (χ0n) is 7.25. The minimum atomic E-state index is -0.409. The van der Waals surface area contributed by atoms with Gasteiger partial charge in [-0.05, 0) is 24.7 Å². The summed E-state index contributed by atoms with van der Waals surface area (Å²) in [4.78, 5) is 11.0. The summed E-state index contributed by atoms with van der Waals surface area (Å²) in [6.07, 6.45) is 0. The van der Waals surface area contributed by atoms with Crippen LogP contribution in [0.1, 0.15) is 11.6 Å². The molecule has 1 unspecified atom stereocenters. The van der Waals surface area contributed by atoms with Crippen molar-refractivity contribution in [3.05, 3.63) is 34.3 Å². The second-order valence-corrected chi connectivity index (χ2v) is 3.59. The Balaban J connectivity index is 2.92. The number of benzene rings is 1. The van der Waals surface area contributed by atoms with Crippen LogP contribution in [0.2, 0.25) is 0 Å². The van der Waals surface area contributed by atoms with Crippen LogP contribution in [0.4, 0.5) is 0 Å². The Hall–Kier alpha value is -0.870. The van der Waals surface area contributed by atoms with E-state index < -0.39 is 6.04 Å². The molecule has 3 N–H and O–H groups in total. The van der Waals surface area contributed by atoms with Crippen LogP contribution in [0, 0.1) is 0 Å². The zero-order chi connectivity index (χ0) is 9.84. The normalized spacial score (nSPS) is 12.5. The minimum absolute atomic E-state index is 0.371. The van der Waals surface area contributed by atoms with E-state index in [0.29, 0.717) is 0 Å². The van der Waals surface area contributed by atoms with Crippen molar-refractivity contribution >= 4 is 21.8 Å². The van der Waals surface area contributed by atoms with Crippen molar-refractivity contribution in [2.75, 3.05) is 7.05 Å². The van der Waals surface area contributed by atoms with E-state index in [-0.39, 0.29) is 5.91 Å². The predicted molar refractivity (Wildman–Crippen MR) is 55.1 cm³/mol. The zero-order valence-corrected chi connectivity index (χ0v) is 8.84. The first-order valence-corrected chi connectivity index (χ1v) is 4.66. The van der Waals surface area contributed by atoms with Gasteiger partial charge in [-0.1, -0.05) is 28.1 Å². The number of nitrogens with two attached hydrogens (primary N) is 1. The van der Waals surface area contributed by atoms with Crippen molar-refractivity contribution in [1.82, 2.24) is 5.32 Å². The lowest BCUT2D eigenvalue weighted by atomic mass is 10.1. The molecule has 0 bridgehead atoms. The molecule has 1 aromatic carbocycles. The van der Waals surface area contributed by atoms with Crippen molar-refractivity contribution in [3.8, 4) is 0 Å². The first-order chi connectivity index (χ1) is 6.15. The Morgan fingerprint density at radius 1 is 1.46 bits per heavy atom. The average molecular weight is 243 g/mol. The third-order valence-corrected chi connectivity index (χ3v) is 2.31. The molecule has 0 saturated carbocycles. The van der Waals surface area contributed by atoms with Gasteiger partial charge in [0.05, 0.1) is 0 Å². The summed E-state index contributed by atoms with van der Waals surface area (Å²) in [5.41, 5.74) is 6.08. The molecule has 1 rings (SSSR count). The Morgan fingerprint density at radius 3 is 2.38 bits per heavy atom. The van der Waals surface area contributed by atoms with Crippen LogP contribution in [0.25, 0.3) is 0 Å². The Kier molecular flexibility index (Phi) is 3.45. The van der Waals surface area contributed by atoms with Crippen LogP contribution in [0.15, 0.2) is 28.7 Å². The molecule has 70 valence electrons. The van der Waals surface area contributed by atoms with Gasteiger partial charge in [-0.15, -0.1) is 0 Å². The van der Waals surface area contributed by atoms with Crippen LogP contribution in [0.5, 0.6) is 0 Å². The molecule has 4 heteroatoms. The molecular weight excluding hydrogens is 232 g/mol. The van der Waals surface area contributed by atoms with E-state index >= 15 is 0 Å². The van der Waals surface area contributed by atoms with Crippen LogP contribution >= 0.6 is 15.9 Å². The predicted octanol–water partition coefficient (Wildman–Crippen LogP) is 1.19. The number of carbonyl (C=O) groups excluding carboxylic acids is 1. The third-order valence-electron chi connectivity index (χ3n) is 1.78. The number of nitrogens with one attached hydrogen (secondary N) is 1. The van der Waals surface area contributed by atoms with E-state index in [2.05, 4.69) is 21.2 Å². The molecule has 0 saturated heterocycles.